The van der Waals surface area contributed by atoms with E-state index in [2.05, 4.69) is 19.1 Å². The van der Waals surface area contributed by atoms with Crippen LogP contribution < -0.4 is 0 Å². The maximum absolute atomic E-state index is 10.1. The molecule has 1 atom stereocenters. The molecule has 2 heteroatoms. The quantitative estimate of drug-likeness (QED) is 0.867. The van der Waals surface area contributed by atoms with Crippen molar-refractivity contribution in [2.75, 3.05) is 0 Å². The van der Waals surface area contributed by atoms with Crippen LogP contribution in [0.5, 0.6) is 0 Å². The van der Waals surface area contributed by atoms with Crippen LogP contribution in [0.15, 0.2) is 48.5 Å². The molecular formula is C17H19ClO. The number of hydrogen-bond donors (Lipinski definition) is 1. The first-order chi connectivity index (χ1) is 9.15. The molecule has 19 heavy (non-hydrogen) atoms. The number of aliphatic hydroxyl groups excluding tert-OH is 1. The van der Waals surface area contributed by atoms with E-state index >= 15 is 0 Å². The maximum Gasteiger partial charge on any atom is 0.0583 e. The summed E-state index contributed by atoms with van der Waals surface area (Å²) >= 11 is 5.84. The Morgan fingerprint density at radius 1 is 1.05 bits per heavy atom. The normalized spacial score (nSPS) is 12.4. The van der Waals surface area contributed by atoms with Crippen LogP contribution in [0.25, 0.3) is 0 Å². The Kier molecular flexibility index (Phi) is 5.00. The van der Waals surface area contributed by atoms with Gasteiger partial charge < -0.3 is 5.11 Å². The van der Waals surface area contributed by atoms with Crippen LogP contribution in [0.3, 0.4) is 0 Å². The zero-order valence-corrected chi connectivity index (χ0v) is 11.9. The lowest BCUT2D eigenvalue weighted by Crippen LogP contribution is -2.11. The van der Waals surface area contributed by atoms with Crippen LogP contribution in [0.1, 0.15) is 23.1 Å². The molecule has 1 N–H and O–H groups in total. The van der Waals surface area contributed by atoms with E-state index in [1.165, 1.54) is 11.1 Å². The van der Waals surface area contributed by atoms with Gasteiger partial charge in [0, 0.05) is 5.02 Å². The highest BCUT2D eigenvalue weighted by molar-refractivity contribution is 6.30. The summed E-state index contributed by atoms with van der Waals surface area (Å²) in [7, 11) is 0. The zero-order valence-electron chi connectivity index (χ0n) is 11.1. The van der Waals surface area contributed by atoms with Gasteiger partial charge >= 0.3 is 0 Å². The minimum absolute atomic E-state index is 0.305. The molecule has 0 radical (unpaired) electrons. The van der Waals surface area contributed by atoms with Crippen LogP contribution in [0, 0.1) is 6.92 Å². The predicted octanol–water partition coefficient (Wildman–Crippen LogP) is 4.18. The van der Waals surface area contributed by atoms with Gasteiger partial charge in [0.15, 0.2) is 0 Å². The molecule has 0 saturated carbocycles. The number of aryl methyl sites for hydroxylation is 2. The fourth-order valence-electron chi connectivity index (χ4n) is 2.21. The van der Waals surface area contributed by atoms with Gasteiger partial charge in [-0.15, -0.1) is 0 Å². The summed E-state index contributed by atoms with van der Waals surface area (Å²) in [6, 6.07) is 16.0. The highest BCUT2D eigenvalue weighted by Crippen LogP contribution is 2.15. The van der Waals surface area contributed by atoms with Crippen molar-refractivity contribution in [2.24, 2.45) is 0 Å². The highest BCUT2D eigenvalue weighted by atomic mass is 35.5. The Bertz CT molecular complexity index is 519. The molecular weight excluding hydrogens is 256 g/mol. The van der Waals surface area contributed by atoms with Crippen molar-refractivity contribution in [3.05, 3.63) is 70.2 Å². The maximum atomic E-state index is 10.1. The summed E-state index contributed by atoms with van der Waals surface area (Å²) in [6.07, 6.45) is 2.08. The highest BCUT2D eigenvalue weighted by Gasteiger charge is 2.07. The van der Waals surface area contributed by atoms with E-state index in [9.17, 15) is 5.11 Å². The lowest BCUT2D eigenvalue weighted by molar-refractivity contribution is 0.165. The molecule has 0 heterocycles. The molecule has 0 bridgehead atoms. The van der Waals surface area contributed by atoms with Crippen molar-refractivity contribution in [2.45, 2.75) is 32.3 Å². The summed E-state index contributed by atoms with van der Waals surface area (Å²) in [4.78, 5) is 0. The van der Waals surface area contributed by atoms with Crippen molar-refractivity contribution in [3.63, 3.8) is 0 Å². The van der Waals surface area contributed by atoms with E-state index in [1.807, 2.05) is 36.4 Å². The largest absolute Gasteiger partial charge is 0.393 e. The van der Waals surface area contributed by atoms with E-state index in [1.54, 1.807) is 0 Å². The third-order valence-electron chi connectivity index (χ3n) is 3.39. The number of rotatable bonds is 5. The van der Waals surface area contributed by atoms with E-state index in [0.29, 0.717) is 6.42 Å². The number of benzene rings is 2. The first-order valence-electron chi connectivity index (χ1n) is 6.62. The average molecular weight is 275 g/mol. The lowest BCUT2D eigenvalue weighted by atomic mass is 9.99. The van der Waals surface area contributed by atoms with Crippen molar-refractivity contribution < 1.29 is 5.11 Å². The molecule has 2 rings (SSSR count). The van der Waals surface area contributed by atoms with Crippen LogP contribution in [-0.4, -0.2) is 11.2 Å². The van der Waals surface area contributed by atoms with Crippen LogP contribution in [0.2, 0.25) is 5.02 Å². The summed E-state index contributed by atoms with van der Waals surface area (Å²) in [5, 5.41) is 10.8. The Balaban J connectivity index is 1.86. The van der Waals surface area contributed by atoms with Gasteiger partial charge in [-0.25, -0.2) is 0 Å². The topological polar surface area (TPSA) is 20.2 Å². The molecule has 0 amide bonds. The fraction of sp³-hybridized carbons (Fsp3) is 0.294. The Morgan fingerprint density at radius 2 is 1.74 bits per heavy atom. The molecule has 0 spiro atoms. The average Bonchev–Trinajstić information content (AvgIpc) is 2.40. The van der Waals surface area contributed by atoms with Crippen molar-refractivity contribution in [1.29, 1.82) is 0 Å². The van der Waals surface area contributed by atoms with E-state index < -0.39 is 0 Å². The number of halogens is 1. The summed E-state index contributed by atoms with van der Waals surface area (Å²) in [5.74, 6) is 0. The van der Waals surface area contributed by atoms with Crippen LogP contribution in [0.4, 0.5) is 0 Å². The Morgan fingerprint density at radius 3 is 2.42 bits per heavy atom. The molecule has 0 fully saturated rings. The van der Waals surface area contributed by atoms with E-state index in [-0.39, 0.29) is 6.10 Å². The lowest BCUT2D eigenvalue weighted by Gasteiger charge is -2.12. The second-order valence-electron chi connectivity index (χ2n) is 4.95. The smallest absolute Gasteiger partial charge is 0.0583 e. The number of aliphatic hydroxyl groups is 1. The fourth-order valence-corrected chi connectivity index (χ4v) is 2.33. The Labute approximate surface area is 119 Å². The van der Waals surface area contributed by atoms with E-state index in [4.69, 9.17) is 11.6 Å². The number of hydrogen-bond acceptors (Lipinski definition) is 1. The minimum Gasteiger partial charge on any atom is -0.393 e. The summed E-state index contributed by atoms with van der Waals surface area (Å²) in [5.41, 5.74) is 3.74. The van der Waals surface area contributed by atoms with Gasteiger partial charge in [-0.3, -0.25) is 0 Å². The summed E-state index contributed by atoms with van der Waals surface area (Å²) in [6.45, 7) is 2.11. The molecule has 0 saturated heterocycles. The van der Waals surface area contributed by atoms with Gasteiger partial charge in [0.25, 0.3) is 0 Å². The third kappa shape index (κ3) is 4.38. The summed E-state index contributed by atoms with van der Waals surface area (Å²) < 4.78 is 0. The van der Waals surface area contributed by atoms with Crippen molar-refractivity contribution in [3.8, 4) is 0 Å². The molecule has 2 aromatic carbocycles. The molecule has 0 aliphatic heterocycles. The van der Waals surface area contributed by atoms with Gasteiger partial charge in [0.2, 0.25) is 0 Å². The molecule has 1 unspecified atom stereocenters. The zero-order chi connectivity index (χ0) is 13.7. The Hall–Kier alpha value is -1.31. The van der Waals surface area contributed by atoms with Gasteiger partial charge in [0.05, 0.1) is 6.10 Å². The van der Waals surface area contributed by atoms with E-state index in [0.717, 1.165) is 23.4 Å². The van der Waals surface area contributed by atoms with Crippen molar-refractivity contribution >= 4 is 11.6 Å². The SMILES string of the molecule is Cc1ccccc1CCC(O)Cc1ccc(Cl)cc1. The minimum atomic E-state index is -0.305. The van der Waals surface area contributed by atoms with Crippen LogP contribution >= 0.6 is 11.6 Å². The van der Waals surface area contributed by atoms with Crippen LogP contribution in [-0.2, 0) is 12.8 Å². The predicted molar refractivity (Wildman–Crippen MR) is 80.7 cm³/mol. The second kappa shape index (κ2) is 6.74. The molecule has 2 aromatic rings. The molecule has 0 aliphatic rings. The molecule has 0 aromatic heterocycles. The van der Waals surface area contributed by atoms with Gasteiger partial charge in [-0.05, 0) is 55.0 Å². The monoisotopic (exact) mass is 274 g/mol. The molecule has 1 nitrogen and oxygen atoms in total. The first kappa shape index (κ1) is 14.1. The molecule has 100 valence electrons. The van der Waals surface area contributed by atoms with Gasteiger partial charge in [-0.2, -0.15) is 0 Å². The third-order valence-corrected chi connectivity index (χ3v) is 3.64. The van der Waals surface area contributed by atoms with Crippen molar-refractivity contribution in [1.82, 2.24) is 0 Å². The molecule has 0 aliphatic carbocycles. The second-order valence-corrected chi connectivity index (χ2v) is 5.39. The standard InChI is InChI=1S/C17H19ClO/c1-13-4-2-3-5-15(13)8-11-17(19)12-14-6-9-16(18)10-7-14/h2-7,9-10,17,19H,8,11-12H2,1H3. The first-order valence-corrected chi connectivity index (χ1v) is 7.00. The van der Waals surface area contributed by atoms with Gasteiger partial charge in [-0.1, -0.05) is 48.0 Å². The van der Waals surface area contributed by atoms with Gasteiger partial charge in [0.1, 0.15) is 0 Å².